The summed E-state index contributed by atoms with van der Waals surface area (Å²) in [5.41, 5.74) is 3.68. The molecular formula is C21H18BrN3S. The molecular weight excluding hydrogens is 406 g/mol. The minimum atomic E-state index is 0.740. The number of nitrogens with one attached hydrogen (secondary N) is 1. The minimum absolute atomic E-state index is 0.740. The zero-order valence-electron chi connectivity index (χ0n) is 14.4. The Hall–Kier alpha value is -2.24. The van der Waals surface area contributed by atoms with E-state index >= 15 is 0 Å². The molecule has 4 rings (SSSR count). The van der Waals surface area contributed by atoms with E-state index in [9.17, 15) is 0 Å². The number of anilines is 1. The molecule has 130 valence electrons. The van der Waals surface area contributed by atoms with Gasteiger partial charge in [0.25, 0.3) is 0 Å². The fourth-order valence-corrected chi connectivity index (χ4v) is 4.43. The van der Waals surface area contributed by atoms with Crippen molar-refractivity contribution in [2.45, 2.75) is 19.9 Å². The zero-order valence-corrected chi connectivity index (χ0v) is 16.8. The van der Waals surface area contributed by atoms with Crippen molar-refractivity contribution in [2.75, 3.05) is 5.32 Å². The Morgan fingerprint density at radius 3 is 2.50 bits per heavy atom. The molecule has 0 atom stereocenters. The molecule has 0 aliphatic rings. The van der Waals surface area contributed by atoms with Crippen LogP contribution in [0.2, 0.25) is 0 Å². The monoisotopic (exact) mass is 423 g/mol. The molecule has 4 aromatic rings. The van der Waals surface area contributed by atoms with Crippen molar-refractivity contribution in [3.63, 3.8) is 0 Å². The molecule has 5 heteroatoms. The largest absolute Gasteiger partial charge is 0.365 e. The molecule has 2 heterocycles. The van der Waals surface area contributed by atoms with E-state index in [1.807, 2.05) is 6.07 Å². The quantitative estimate of drug-likeness (QED) is 0.409. The molecule has 0 saturated heterocycles. The van der Waals surface area contributed by atoms with E-state index < -0.39 is 0 Å². The number of aryl methyl sites for hydroxylation is 1. The summed E-state index contributed by atoms with van der Waals surface area (Å²) in [6.45, 7) is 2.93. The van der Waals surface area contributed by atoms with E-state index in [0.717, 1.165) is 33.5 Å². The van der Waals surface area contributed by atoms with Gasteiger partial charge in [-0.15, -0.1) is 11.3 Å². The average molecular weight is 424 g/mol. The Morgan fingerprint density at radius 2 is 1.77 bits per heavy atom. The minimum Gasteiger partial charge on any atom is -0.365 e. The molecule has 0 bridgehead atoms. The molecule has 0 fully saturated rings. The van der Waals surface area contributed by atoms with Crippen LogP contribution in [0, 0.1) is 0 Å². The Labute approximate surface area is 165 Å². The van der Waals surface area contributed by atoms with Crippen molar-refractivity contribution in [1.82, 2.24) is 9.97 Å². The molecule has 0 radical (unpaired) electrons. The first-order chi connectivity index (χ1) is 12.8. The lowest BCUT2D eigenvalue weighted by molar-refractivity contribution is 1.10. The first-order valence-electron chi connectivity index (χ1n) is 8.56. The Kier molecular flexibility index (Phi) is 5.00. The van der Waals surface area contributed by atoms with Gasteiger partial charge in [0.15, 0.2) is 0 Å². The summed E-state index contributed by atoms with van der Waals surface area (Å²) < 4.78 is 1.08. The van der Waals surface area contributed by atoms with Gasteiger partial charge in [-0.25, -0.2) is 9.97 Å². The van der Waals surface area contributed by atoms with Crippen LogP contribution in [0.5, 0.6) is 0 Å². The number of thiophene rings is 1. The predicted molar refractivity (Wildman–Crippen MR) is 114 cm³/mol. The molecule has 0 spiro atoms. The highest BCUT2D eigenvalue weighted by Gasteiger charge is 2.18. The lowest BCUT2D eigenvalue weighted by Crippen LogP contribution is -2.02. The SMILES string of the molecule is CCc1sc2ncnc(NCc3ccccc3)c2c1-c1ccc(Br)cc1. The maximum Gasteiger partial charge on any atom is 0.139 e. The summed E-state index contributed by atoms with van der Waals surface area (Å²) in [4.78, 5) is 11.4. The van der Waals surface area contributed by atoms with Crippen molar-refractivity contribution in [3.8, 4) is 11.1 Å². The second kappa shape index (κ2) is 7.56. The van der Waals surface area contributed by atoms with Crippen LogP contribution in [0.4, 0.5) is 5.82 Å². The maximum atomic E-state index is 4.55. The van der Waals surface area contributed by atoms with E-state index in [0.29, 0.717) is 0 Å². The maximum absolute atomic E-state index is 4.55. The predicted octanol–water partition coefficient (Wildman–Crippen LogP) is 6.30. The Bertz CT molecular complexity index is 1030. The third-order valence-corrected chi connectivity index (χ3v) is 6.09. The number of nitrogens with zero attached hydrogens (tertiary/aromatic N) is 2. The fourth-order valence-electron chi connectivity index (χ4n) is 3.07. The van der Waals surface area contributed by atoms with Crippen molar-refractivity contribution < 1.29 is 0 Å². The third kappa shape index (κ3) is 3.37. The standard InChI is InChI=1S/C21H18BrN3S/c1-2-17-18(15-8-10-16(22)11-9-15)19-20(24-13-25-21(19)26-17)23-12-14-6-4-3-5-7-14/h3-11,13H,2,12H2,1H3,(H,23,24,25). The number of rotatable bonds is 5. The van der Waals surface area contributed by atoms with E-state index in [4.69, 9.17) is 0 Å². The van der Waals surface area contributed by atoms with Crippen molar-refractivity contribution in [2.24, 2.45) is 0 Å². The molecule has 0 saturated carbocycles. The van der Waals surface area contributed by atoms with Gasteiger partial charge in [-0.05, 0) is 29.7 Å². The number of halogens is 1. The van der Waals surface area contributed by atoms with Gasteiger partial charge in [0.2, 0.25) is 0 Å². The smallest absolute Gasteiger partial charge is 0.139 e. The molecule has 2 aromatic carbocycles. The van der Waals surface area contributed by atoms with Gasteiger partial charge in [0.05, 0.1) is 5.39 Å². The second-order valence-electron chi connectivity index (χ2n) is 6.00. The highest BCUT2D eigenvalue weighted by atomic mass is 79.9. The number of fused-ring (bicyclic) bond motifs is 1. The van der Waals surface area contributed by atoms with E-state index in [1.165, 1.54) is 21.6 Å². The van der Waals surface area contributed by atoms with Crippen LogP contribution in [0.1, 0.15) is 17.4 Å². The highest BCUT2D eigenvalue weighted by molar-refractivity contribution is 9.10. The Morgan fingerprint density at radius 1 is 1.00 bits per heavy atom. The summed E-state index contributed by atoms with van der Waals surface area (Å²) in [7, 11) is 0. The number of hydrogen-bond donors (Lipinski definition) is 1. The van der Waals surface area contributed by atoms with Gasteiger partial charge in [-0.3, -0.25) is 0 Å². The summed E-state index contributed by atoms with van der Waals surface area (Å²) >= 11 is 5.28. The van der Waals surface area contributed by atoms with Crippen LogP contribution in [-0.4, -0.2) is 9.97 Å². The summed E-state index contributed by atoms with van der Waals surface area (Å²) in [5.74, 6) is 0.896. The van der Waals surface area contributed by atoms with Gasteiger partial charge < -0.3 is 5.32 Å². The molecule has 0 unspecified atom stereocenters. The molecule has 0 aliphatic heterocycles. The van der Waals surface area contributed by atoms with Crippen LogP contribution >= 0.6 is 27.3 Å². The van der Waals surface area contributed by atoms with Crippen LogP contribution in [-0.2, 0) is 13.0 Å². The first kappa shape index (κ1) is 17.2. The number of hydrogen-bond acceptors (Lipinski definition) is 4. The number of aromatic nitrogens is 2. The topological polar surface area (TPSA) is 37.8 Å². The normalized spacial score (nSPS) is 11.0. The lowest BCUT2D eigenvalue weighted by Gasteiger charge is -2.09. The van der Waals surface area contributed by atoms with Gasteiger partial charge >= 0.3 is 0 Å². The molecule has 26 heavy (non-hydrogen) atoms. The van der Waals surface area contributed by atoms with Gasteiger partial charge in [-0.2, -0.15) is 0 Å². The van der Waals surface area contributed by atoms with Crippen LogP contribution in [0.15, 0.2) is 65.4 Å². The van der Waals surface area contributed by atoms with Gasteiger partial charge in [-0.1, -0.05) is 65.3 Å². The van der Waals surface area contributed by atoms with Gasteiger partial charge in [0, 0.05) is 21.5 Å². The van der Waals surface area contributed by atoms with Crippen molar-refractivity contribution in [3.05, 3.63) is 75.8 Å². The summed E-state index contributed by atoms with van der Waals surface area (Å²) in [6, 6.07) is 18.8. The first-order valence-corrected chi connectivity index (χ1v) is 10.2. The average Bonchev–Trinajstić information content (AvgIpc) is 3.07. The zero-order chi connectivity index (χ0) is 17.9. The molecule has 2 aromatic heterocycles. The summed E-state index contributed by atoms with van der Waals surface area (Å²) in [6.07, 6.45) is 2.63. The van der Waals surface area contributed by atoms with E-state index in [1.54, 1.807) is 17.7 Å². The summed E-state index contributed by atoms with van der Waals surface area (Å²) in [5, 5.41) is 4.63. The molecule has 0 amide bonds. The molecule has 3 nitrogen and oxygen atoms in total. The van der Waals surface area contributed by atoms with Crippen LogP contribution in [0.25, 0.3) is 21.3 Å². The molecule has 0 aliphatic carbocycles. The van der Waals surface area contributed by atoms with E-state index in [2.05, 4.69) is 86.7 Å². The fraction of sp³-hybridized carbons (Fsp3) is 0.143. The third-order valence-electron chi connectivity index (χ3n) is 4.32. The van der Waals surface area contributed by atoms with Gasteiger partial charge in [0.1, 0.15) is 17.0 Å². The molecule has 1 N–H and O–H groups in total. The van der Waals surface area contributed by atoms with Crippen LogP contribution in [0.3, 0.4) is 0 Å². The second-order valence-corrected chi connectivity index (χ2v) is 8.00. The van der Waals surface area contributed by atoms with Crippen molar-refractivity contribution in [1.29, 1.82) is 0 Å². The van der Waals surface area contributed by atoms with Crippen molar-refractivity contribution >= 4 is 43.3 Å². The Balaban J connectivity index is 1.81. The van der Waals surface area contributed by atoms with E-state index in [-0.39, 0.29) is 0 Å². The highest BCUT2D eigenvalue weighted by Crippen LogP contribution is 2.41. The lowest BCUT2D eigenvalue weighted by atomic mass is 10.0. The number of benzene rings is 2. The van der Waals surface area contributed by atoms with Crippen LogP contribution < -0.4 is 5.32 Å².